The monoisotopic (exact) mass is 177 g/mol. The fourth-order valence-corrected chi connectivity index (χ4v) is 0.692. The van der Waals surface area contributed by atoms with Crippen molar-refractivity contribution < 1.29 is 23.2 Å². The summed E-state index contributed by atoms with van der Waals surface area (Å²) in [6.45, 7) is 0. The van der Waals surface area contributed by atoms with Crippen LogP contribution in [0.5, 0.6) is 0 Å². The van der Waals surface area contributed by atoms with Gasteiger partial charge in [0.15, 0.2) is 5.82 Å². The third kappa shape index (κ3) is 1.41. The first-order valence-corrected chi connectivity index (χ1v) is 2.89. The number of pyridine rings is 1. The minimum Gasteiger partial charge on any atom is -0.423 e. The molecular formula is C5H3BF3NO2. The Balaban J connectivity index is 3.33. The van der Waals surface area contributed by atoms with Gasteiger partial charge in [-0.25, -0.2) is 13.8 Å². The van der Waals surface area contributed by atoms with E-state index in [-0.39, 0.29) is 0 Å². The van der Waals surface area contributed by atoms with Crippen LogP contribution in [0.2, 0.25) is 0 Å². The maximum atomic E-state index is 12.5. The molecule has 2 N–H and O–H groups in total. The van der Waals surface area contributed by atoms with Crippen molar-refractivity contribution in [2.24, 2.45) is 0 Å². The normalized spacial score (nSPS) is 10.1. The Bertz CT molecular complexity index is 307. The molecule has 7 heteroatoms. The van der Waals surface area contributed by atoms with Gasteiger partial charge >= 0.3 is 7.12 Å². The smallest absolute Gasteiger partial charge is 0.423 e. The Morgan fingerprint density at radius 1 is 1.25 bits per heavy atom. The van der Waals surface area contributed by atoms with Gasteiger partial charge in [-0.05, 0) is 0 Å². The van der Waals surface area contributed by atoms with Gasteiger partial charge in [0.25, 0.3) is 0 Å². The minimum atomic E-state index is -2.39. The molecule has 0 radical (unpaired) electrons. The number of aromatic nitrogens is 1. The highest BCUT2D eigenvalue weighted by atomic mass is 19.2. The minimum absolute atomic E-state index is 0.368. The molecule has 64 valence electrons. The van der Waals surface area contributed by atoms with E-state index >= 15 is 0 Å². The maximum Gasteiger partial charge on any atom is 0.494 e. The molecule has 3 nitrogen and oxygen atoms in total. The van der Waals surface area contributed by atoms with Crippen LogP contribution >= 0.6 is 0 Å². The first-order valence-electron chi connectivity index (χ1n) is 2.89. The molecule has 0 aliphatic heterocycles. The number of rotatable bonds is 1. The fraction of sp³-hybridized carbons (Fsp3) is 0. The summed E-state index contributed by atoms with van der Waals surface area (Å²) in [5.74, 6) is -4.56. The Morgan fingerprint density at radius 2 is 1.83 bits per heavy atom. The molecule has 0 spiro atoms. The molecule has 0 aliphatic carbocycles. The summed E-state index contributed by atoms with van der Waals surface area (Å²) >= 11 is 0. The lowest BCUT2D eigenvalue weighted by molar-refractivity contribution is 0.411. The van der Waals surface area contributed by atoms with Gasteiger partial charge in [-0.3, -0.25) is 0 Å². The van der Waals surface area contributed by atoms with Crippen LogP contribution < -0.4 is 5.46 Å². The highest BCUT2D eigenvalue weighted by Crippen LogP contribution is 2.01. The zero-order valence-electron chi connectivity index (χ0n) is 5.63. The number of hydrogen-bond acceptors (Lipinski definition) is 3. The molecule has 1 aromatic heterocycles. The lowest BCUT2D eigenvalue weighted by Crippen LogP contribution is -2.36. The lowest BCUT2D eigenvalue weighted by atomic mass is 9.80. The van der Waals surface area contributed by atoms with Crippen LogP contribution in [0.25, 0.3) is 0 Å². The van der Waals surface area contributed by atoms with Crippen LogP contribution in [-0.2, 0) is 0 Å². The van der Waals surface area contributed by atoms with E-state index in [9.17, 15) is 13.2 Å². The molecule has 0 bridgehead atoms. The second-order valence-corrected chi connectivity index (χ2v) is 2.00. The Morgan fingerprint density at radius 3 is 2.25 bits per heavy atom. The molecule has 0 fully saturated rings. The van der Waals surface area contributed by atoms with Gasteiger partial charge in [-0.15, -0.1) is 0 Å². The van der Waals surface area contributed by atoms with E-state index in [1.165, 1.54) is 0 Å². The van der Waals surface area contributed by atoms with Crippen LogP contribution in [0.3, 0.4) is 0 Å². The lowest BCUT2D eigenvalue weighted by Gasteiger charge is -2.02. The SMILES string of the molecule is OB(O)c1c(F)cnc(F)c1F. The van der Waals surface area contributed by atoms with Gasteiger partial charge < -0.3 is 10.0 Å². The van der Waals surface area contributed by atoms with E-state index in [1.807, 2.05) is 0 Å². The topological polar surface area (TPSA) is 53.4 Å². The van der Waals surface area contributed by atoms with E-state index in [2.05, 4.69) is 4.98 Å². The van der Waals surface area contributed by atoms with Crippen LogP contribution in [0.1, 0.15) is 0 Å². The molecule has 1 aromatic rings. The number of nitrogens with zero attached hydrogens (tertiary/aromatic N) is 1. The van der Waals surface area contributed by atoms with E-state index < -0.39 is 30.2 Å². The quantitative estimate of drug-likeness (QED) is 0.435. The molecule has 12 heavy (non-hydrogen) atoms. The van der Waals surface area contributed by atoms with E-state index in [0.29, 0.717) is 6.20 Å². The largest absolute Gasteiger partial charge is 0.494 e. The van der Waals surface area contributed by atoms with Gasteiger partial charge in [-0.2, -0.15) is 4.39 Å². The summed E-state index contributed by atoms with van der Waals surface area (Å²) in [4.78, 5) is 2.68. The summed E-state index contributed by atoms with van der Waals surface area (Å²) in [7, 11) is -2.39. The Kier molecular flexibility index (Phi) is 2.34. The van der Waals surface area contributed by atoms with Crippen LogP contribution in [0.15, 0.2) is 6.20 Å². The van der Waals surface area contributed by atoms with Crippen molar-refractivity contribution in [3.63, 3.8) is 0 Å². The Labute approximate surface area is 65.6 Å². The Hall–Kier alpha value is -1.08. The van der Waals surface area contributed by atoms with Crippen molar-refractivity contribution in [2.75, 3.05) is 0 Å². The predicted molar refractivity (Wildman–Crippen MR) is 33.9 cm³/mol. The predicted octanol–water partition coefficient (Wildman–Crippen LogP) is -0.821. The highest BCUT2D eigenvalue weighted by molar-refractivity contribution is 6.58. The van der Waals surface area contributed by atoms with Crippen molar-refractivity contribution in [1.29, 1.82) is 0 Å². The van der Waals surface area contributed by atoms with Gasteiger partial charge in [0, 0.05) is 0 Å². The van der Waals surface area contributed by atoms with Gasteiger partial charge in [0.05, 0.1) is 11.7 Å². The molecule has 0 saturated carbocycles. The molecule has 1 rings (SSSR count). The summed E-state index contributed by atoms with van der Waals surface area (Å²) < 4.78 is 37.3. The first-order chi connectivity index (χ1) is 5.54. The summed E-state index contributed by atoms with van der Waals surface area (Å²) in [6.07, 6.45) is 0.368. The van der Waals surface area contributed by atoms with Gasteiger partial charge in [0.2, 0.25) is 5.95 Å². The summed E-state index contributed by atoms with van der Waals surface area (Å²) in [5.41, 5.74) is -1.14. The summed E-state index contributed by atoms with van der Waals surface area (Å²) in [6, 6.07) is 0. The van der Waals surface area contributed by atoms with Crippen molar-refractivity contribution in [3.8, 4) is 0 Å². The average Bonchev–Trinajstić information content (AvgIpc) is 1.97. The second-order valence-electron chi connectivity index (χ2n) is 2.00. The fourth-order valence-electron chi connectivity index (χ4n) is 0.692. The number of hydrogen-bond donors (Lipinski definition) is 2. The average molecular weight is 177 g/mol. The van der Waals surface area contributed by atoms with Crippen molar-refractivity contribution in [2.45, 2.75) is 0 Å². The molecule has 0 aromatic carbocycles. The first kappa shape index (κ1) is 9.02. The highest BCUT2D eigenvalue weighted by Gasteiger charge is 2.24. The molecular weight excluding hydrogens is 174 g/mol. The van der Waals surface area contributed by atoms with Crippen LogP contribution in [0, 0.1) is 17.6 Å². The second kappa shape index (κ2) is 3.12. The van der Waals surface area contributed by atoms with Crippen LogP contribution in [0.4, 0.5) is 13.2 Å². The summed E-state index contributed by atoms with van der Waals surface area (Å²) in [5, 5.41) is 16.8. The third-order valence-electron chi connectivity index (χ3n) is 1.22. The van der Waals surface area contributed by atoms with E-state index in [0.717, 1.165) is 0 Å². The van der Waals surface area contributed by atoms with Crippen molar-refractivity contribution in [1.82, 2.24) is 4.98 Å². The molecule has 0 atom stereocenters. The molecule has 0 amide bonds. The van der Waals surface area contributed by atoms with Crippen LogP contribution in [-0.4, -0.2) is 22.2 Å². The number of halogens is 3. The standard InChI is InChI=1S/C5H3BF3NO2/c7-2-1-10-5(9)4(8)3(2)6(11)12/h1,11-12H. The third-order valence-corrected chi connectivity index (χ3v) is 1.22. The van der Waals surface area contributed by atoms with E-state index in [4.69, 9.17) is 10.0 Å². The molecule has 0 saturated heterocycles. The maximum absolute atomic E-state index is 12.5. The van der Waals surface area contributed by atoms with Crippen molar-refractivity contribution >= 4 is 12.6 Å². The molecule has 1 heterocycles. The zero-order chi connectivity index (χ0) is 9.30. The zero-order valence-corrected chi connectivity index (χ0v) is 5.63. The van der Waals surface area contributed by atoms with Gasteiger partial charge in [-0.1, -0.05) is 0 Å². The van der Waals surface area contributed by atoms with E-state index in [1.54, 1.807) is 0 Å². The molecule has 0 unspecified atom stereocenters. The van der Waals surface area contributed by atoms with Crippen molar-refractivity contribution in [3.05, 3.63) is 23.8 Å². The molecule has 0 aliphatic rings. The van der Waals surface area contributed by atoms with Gasteiger partial charge in [0.1, 0.15) is 5.82 Å².